The summed E-state index contributed by atoms with van der Waals surface area (Å²) in [5, 5.41) is 1.12. The van der Waals surface area contributed by atoms with Gasteiger partial charge in [0.15, 0.2) is 0 Å². The van der Waals surface area contributed by atoms with Crippen LogP contribution in [0.5, 0.6) is 6.01 Å². The van der Waals surface area contributed by atoms with Gasteiger partial charge in [0.05, 0.1) is 11.4 Å². The van der Waals surface area contributed by atoms with E-state index in [0.29, 0.717) is 19.1 Å². The molecule has 0 bridgehead atoms. The molecule has 0 aliphatic carbocycles. The van der Waals surface area contributed by atoms with E-state index in [1.54, 1.807) is 11.3 Å². The number of carbonyl (C=O) groups is 1. The van der Waals surface area contributed by atoms with Crippen molar-refractivity contribution in [1.82, 2.24) is 14.9 Å². The molecule has 3 heterocycles. The molecule has 3 aromatic rings. The van der Waals surface area contributed by atoms with Crippen LogP contribution in [0.25, 0.3) is 10.1 Å². The van der Waals surface area contributed by atoms with Crippen molar-refractivity contribution in [3.63, 3.8) is 0 Å². The van der Waals surface area contributed by atoms with E-state index in [1.165, 1.54) is 0 Å². The zero-order valence-electron chi connectivity index (χ0n) is 14.2. The predicted molar refractivity (Wildman–Crippen MR) is 98.3 cm³/mol. The van der Waals surface area contributed by atoms with Crippen LogP contribution in [0.2, 0.25) is 0 Å². The number of rotatable bonds is 3. The number of thiophene rings is 1. The number of amides is 1. The van der Waals surface area contributed by atoms with Crippen LogP contribution in [-0.2, 0) is 0 Å². The van der Waals surface area contributed by atoms with Gasteiger partial charge in [0, 0.05) is 29.1 Å². The van der Waals surface area contributed by atoms with Gasteiger partial charge in [0.2, 0.25) is 0 Å². The van der Waals surface area contributed by atoms with Gasteiger partial charge >= 0.3 is 6.01 Å². The van der Waals surface area contributed by atoms with Crippen LogP contribution in [0.4, 0.5) is 0 Å². The Morgan fingerprint density at radius 2 is 1.96 bits per heavy atom. The van der Waals surface area contributed by atoms with E-state index < -0.39 is 0 Å². The maximum Gasteiger partial charge on any atom is 0.317 e. The molecule has 0 saturated carbocycles. The molecule has 128 valence electrons. The number of benzene rings is 1. The summed E-state index contributed by atoms with van der Waals surface area (Å²) in [6.07, 6.45) is 0.743. The highest BCUT2D eigenvalue weighted by molar-refractivity contribution is 7.20. The first kappa shape index (κ1) is 16.0. The van der Waals surface area contributed by atoms with Gasteiger partial charge in [-0.2, -0.15) is 0 Å². The zero-order valence-corrected chi connectivity index (χ0v) is 15.0. The highest BCUT2D eigenvalue weighted by atomic mass is 32.1. The van der Waals surface area contributed by atoms with E-state index in [2.05, 4.69) is 9.97 Å². The molecule has 1 aromatic carbocycles. The van der Waals surface area contributed by atoms with Crippen LogP contribution in [0.1, 0.15) is 27.5 Å². The van der Waals surface area contributed by atoms with E-state index in [1.807, 2.05) is 55.1 Å². The highest BCUT2D eigenvalue weighted by Gasteiger charge is 2.29. The molecule has 0 N–H and O–H groups in total. The van der Waals surface area contributed by atoms with Crippen molar-refractivity contribution in [2.45, 2.75) is 26.4 Å². The summed E-state index contributed by atoms with van der Waals surface area (Å²) in [4.78, 5) is 24.1. The first-order valence-electron chi connectivity index (χ1n) is 8.35. The molecule has 6 heteroatoms. The van der Waals surface area contributed by atoms with E-state index in [0.717, 1.165) is 32.8 Å². The summed E-state index contributed by atoms with van der Waals surface area (Å²) in [7, 11) is 0. The maximum absolute atomic E-state index is 12.8. The van der Waals surface area contributed by atoms with Crippen LogP contribution in [0.3, 0.4) is 0 Å². The molecule has 1 aliphatic rings. The fourth-order valence-corrected chi connectivity index (χ4v) is 4.18. The smallest absolute Gasteiger partial charge is 0.317 e. The standard InChI is InChI=1S/C19H19N3O2S/c1-12-9-13(2)21-19(20-12)24-15-7-8-22(11-15)18(23)17-10-14-5-3-4-6-16(14)25-17/h3-6,9-10,15H,7-8,11H2,1-2H3/t15-/m0/s1. The van der Waals surface area contributed by atoms with Crippen LogP contribution in [0, 0.1) is 13.8 Å². The number of likely N-dealkylation sites (tertiary alicyclic amines) is 1. The van der Waals surface area contributed by atoms with Crippen molar-refractivity contribution >= 4 is 27.3 Å². The summed E-state index contributed by atoms with van der Waals surface area (Å²) in [6, 6.07) is 12.4. The SMILES string of the molecule is Cc1cc(C)nc(O[C@H]2CCN(C(=O)c3cc4ccccc4s3)C2)n1. The molecule has 0 spiro atoms. The minimum atomic E-state index is -0.0560. The van der Waals surface area contributed by atoms with Gasteiger partial charge in [0.1, 0.15) is 6.10 Å². The summed E-state index contributed by atoms with van der Waals surface area (Å²) in [5.41, 5.74) is 1.78. The molecule has 4 rings (SSSR count). The fraction of sp³-hybridized carbons (Fsp3) is 0.316. The lowest BCUT2D eigenvalue weighted by Gasteiger charge is -2.16. The summed E-state index contributed by atoms with van der Waals surface area (Å²) < 4.78 is 7.04. The Morgan fingerprint density at radius 1 is 1.20 bits per heavy atom. The average molecular weight is 353 g/mol. The highest BCUT2D eigenvalue weighted by Crippen LogP contribution is 2.27. The second kappa shape index (κ2) is 6.44. The number of carbonyl (C=O) groups excluding carboxylic acids is 1. The zero-order chi connectivity index (χ0) is 17.4. The molecule has 1 aliphatic heterocycles. The Labute approximate surface area is 150 Å². The van der Waals surface area contributed by atoms with Crippen LogP contribution in [-0.4, -0.2) is 40.0 Å². The van der Waals surface area contributed by atoms with Gasteiger partial charge in [0.25, 0.3) is 5.91 Å². The quantitative estimate of drug-likeness (QED) is 0.722. The largest absolute Gasteiger partial charge is 0.458 e. The number of hydrogen-bond acceptors (Lipinski definition) is 5. The van der Waals surface area contributed by atoms with Crippen molar-refractivity contribution in [2.24, 2.45) is 0 Å². The van der Waals surface area contributed by atoms with Gasteiger partial charge < -0.3 is 9.64 Å². The van der Waals surface area contributed by atoms with E-state index in [9.17, 15) is 4.79 Å². The number of hydrogen-bond donors (Lipinski definition) is 0. The van der Waals surface area contributed by atoms with Crippen molar-refractivity contribution in [3.8, 4) is 6.01 Å². The van der Waals surface area contributed by atoms with E-state index in [-0.39, 0.29) is 12.0 Å². The van der Waals surface area contributed by atoms with Gasteiger partial charge in [-0.3, -0.25) is 4.79 Å². The Balaban J connectivity index is 1.45. The topological polar surface area (TPSA) is 55.3 Å². The minimum absolute atomic E-state index is 0.0560. The normalized spacial score (nSPS) is 17.2. The summed E-state index contributed by atoms with van der Waals surface area (Å²) in [5.74, 6) is 0.0774. The van der Waals surface area contributed by atoms with Crippen LogP contribution < -0.4 is 4.74 Å². The van der Waals surface area contributed by atoms with Crippen molar-refractivity contribution < 1.29 is 9.53 Å². The molecule has 1 fully saturated rings. The molecule has 2 aromatic heterocycles. The number of aryl methyl sites for hydroxylation is 2. The van der Waals surface area contributed by atoms with Gasteiger partial charge in [-0.25, -0.2) is 9.97 Å². The molecule has 0 unspecified atom stereocenters. The number of aromatic nitrogens is 2. The Hall–Kier alpha value is -2.47. The third-order valence-corrected chi connectivity index (χ3v) is 5.41. The predicted octanol–water partition coefficient (Wildman–Crippen LogP) is 3.60. The van der Waals surface area contributed by atoms with Gasteiger partial charge in [-0.1, -0.05) is 18.2 Å². The Kier molecular flexibility index (Phi) is 4.13. The number of nitrogens with zero attached hydrogens (tertiary/aromatic N) is 3. The van der Waals surface area contributed by atoms with Crippen LogP contribution >= 0.6 is 11.3 Å². The molecule has 25 heavy (non-hydrogen) atoms. The molecule has 0 radical (unpaired) electrons. The molecule has 5 nitrogen and oxygen atoms in total. The van der Waals surface area contributed by atoms with E-state index in [4.69, 9.17) is 4.74 Å². The maximum atomic E-state index is 12.8. The molecular formula is C19H19N3O2S. The lowest BCUT2D eigenvalue weighted by molar-refractivity contribution is 0.0774. The third-order valence-electron chi connectivity index (χ3n) is 4.30. The monoisotopic (exact) mass is 353 g/mol. The Bertz CT molecular complexity index is 884. The fourth-order valence-electron chi connectivity index (χ4n) is 3.15. The molecule has 1 atom stereocenters. The van der Waals surface area contributed by atoms with Gasteiger partial charge in [-0.05, 0) is 37.4 Å². The third kappa shape index (κ3) is 3.35. The molecular weight excluding hydrogens is 334 g/mol. The van der Waals surface area contributed by atoms with Crippen LogP contribution in [0.15, 0.2) is 36.4 Å². The summed E-state index contributed by atoms with van der Waals surface area (Å²) >= 11 is 1.54. The Morgan fingerprint density at radius 3 is 2.72 bits per heavy atom. The second-order valence-corrected chi connectivity index (χ2v) is 7.45. The second-order valence-electron chi connectivity index (χ2n) is 6.36. The molecule has 1 amide bonds. The van der Waals surface area contributed by atoms with E-state index >= 15 is 0 Å². The summed E-state index contributed by atoms with van der Waals surface area (Å²) in [6.45, 7) is 5.12. The number of fused-ring (bicyclic) bond motifs is 1. The van der Waals surface area contributed by atoms with Gasteiger partial charge in [-0.15, -0.1) is 11.3 Å². The lowest BCUT2D eigenvalue weighted by atomic mass is 10.2. The number of ether oxygens (including phenoxy) is 1. The lowest BCUT2D eigenvalue weighted by Crippen LogP contribution is -2.30. The van der Waals surface area contributed by atoms with Crippen molar-refractivity contribution in [2.75, 3.05) is 13.1 Å². The first-order chi connectivity index (χ1) is 12.1. The molecule has 1 saturated heterocycles. The minimum Gasteiger partial charge on any atom is -0.458 e. The average Bonchev–Trinajstić information content (AvgIpc) is 3.19. The van der Waals surface area contributed by atoms with Crippen molar-refractivity contribution in [1.29, 1.82) is 0 Å². The van der Waals surface area contributed by atoms with Crippen molar-refractivity contribution in [3.05, 3.63) is 52.7 Å². The first-order valence-corrected chi connectivity index (χ1v) is 9.17.